The highest BCUT2D eigenvalue weighted by atomic mass is 32.1. The Morgan fingerprint density at radius 1 is 1.23 bits per heavy atom. The summed E-state index contributed by atoms with van der Waals surface area (Å²) in [7, 11) is 1.54. The molecule has 1 amide bonds. The summed E-state index contributed by atoms with van der Waals surface area (Å²) in [5, 5.41) is 9.36. The summed E-state index contributed by atoms with van der Waals surface area (Å²) in [4.78, 5) is 34.9. The summed E-state index contributed by atoms with van der Waals surface area (Å²) in [5.74, 6) is -0.492. The molecular weight excluding hydrogens is 438 g/mol. The van der Waals surface area contributed by atoms with Gasteiger partial charge in [0.05, 0.1) is 24.0 Å². The molecule has 2 aromatic heterocycles. The second-order valence-corrected chi connectivity index (χ2v) is 8.38. The molecule has 162 valence electrons. The van der Waals surface area contributed by atoms with E-state index in [1.807, 2.05) is 6.92 Å². The van der Waals surface area contributed by atoms with Crippen LogP contribution < -0.4 is 14.4 Å². The minimum atomic E-state index is -1.09. The quantitative estimate of drug-likeness (QED) is 0.456. The number of hydrogen-bond donors (Lipinski definition) is 1. The molecule has 3 aromatic rings. The van der Waals surface area contributed by atoms with Crippen LogP contribution in [0.4, 0.5) is 5.13 Å². The summed E-state index contributed by atoms with van der Waals surface area (Å²) in [5.41, 5.74) is 3.12. The van der Waals surface area contributed by atoms with Crippen molar-refractivity contribution in [1.82, 2.24) is 9.97 Å². The van der Waals surface area contributed by atoms with Gasteiger partial charge in [0.25, 0.3) is 5.91 Å². The van der Waals surface area contributed by atoms with Crippen LogP contribution in [0.2, 0.25) is 0 Å². The molecule has 0 unspecified atom stereocenters. The maximum absolute atomic E-state index is 13.0. The number of rotatable bonds is 10. The second-order valence-electron chi connectivity index (χ2n) is 6.43. The average Bonchev–Trinajstić information content (AvgIpc) is 3.41. The van der Waals surface area contributed by atoms with Crippen molar-refractivity contribution in [2.75, 3.05) is 25.2 Å². The largest absolute Gasteiger partial charge is 0.493 e. The van der Waals surface area contributed by atoms with Gasteiger partial charge in [-0.05, 0) is 19.1 Å². The monoisotopic (exact) mass is 459 g/mol. The Kier molecular flexibility index (Phi) is 7.37. The summed E-state index contributed by atoms with van der Waals surface area (Å²) in [6.07, 6.45) is 3.54. The Morgan fingerprint density at radius 2 is 1.97 bits per heavy atom. The molecular formula is C21H21N3O5S2. The number of benzene rings is 1. The van der Waals surface area contributed by atoms with E-state index in [1.165, 1.54) is 18.1 Å². The zero-order valence-corrected chi connectivity index (χ0v) is 18.7. The first-order chi connectivity index (χ1) is 14.9. The normalized spacial score (nSPS) is 10.5. The predicted octanol–water partition coefficient (Wildman–Crippen LogP) is 4.07. The van der Waals surface area contributed by atoms with Crippen LogP contribution in [-0.4, -0.2) is 47.2 Å². The molecule has 0 fully saturated rings. The van der Waals surface area contributed by atoms with Crippen molar-refractivity contribution in [2.24, 2.45) is 0 Å². The molecule has 0 radical (unpaired) electrons. The Morgan fingerprint density at radius 3 is 2.58 bits per heavy atom. The van der Waals surface area contributed by atoms with Gasteiger partial charge in [0.15, 0.2) is 5.13 Å². The number of hydrogen-bond acceptors (Lipinski definition) is 8. The van der Waals surface area contributed by atoms with Crippen molar-refractivity contribution in [2.45, 2.75) is 13.3 Å². The molecule has 0 aliphatic carbocycles. The number of carbonyl (C=O) groups is 2. The third-order valence-corrected chi connectivity index (χ3v) is 6.29. The van der Waals surface area contributed by atoms with Crippen molar-refractivity contribution in [3.63, 3.8) is 0 Å². The van der Waals surface area contributed by atoms with Crippen molar-refractivity contribution in [1.29, 1.82) is 0 Å². The molecule has 0 saturated carbocycles. The Labute approximate surface area is 187 Å². The fourth-order valence-corrected chi connectivity index (χ4v) is 4.12. The first-order valence-electron chi connectivity index (χ1n) is 9.26. The molecule has 2 heterocycles. The molecule has 8 nitrogen and oxygen atoms in total. The zero-order valence-electron chi connectivity index (χ0n) is 17.0. The van der Waals surface area contributed by atoms with Crippen LogP contribution in [-0.2, 0) is 6.42 Å². The number of ether oxygens (including phenoxy) is 2. The average molecular weight is 460 g/mol. The Bertz CT molecular complexity index is 1090. The lowest BCUT2D eigenvalue weighted by atomic mass is 10.1. The predicted molar refractivity (Wildman–Crippen MR) is 120 cm³/mol. The summed E-state index contributed by atoms with van der Waals surface area (Å²) in [6, 6.07) is 4.95. The van der Waals surface area contributed by atoms with Crippen molar-refractivity contribution in [3.8, 4) is 11.5 Å². The van der Waals surface area contributed by atoms with E-state index in [0.717, 1.165) is 21.9 Å². The first kappa shape index (κ1) is 22.4. The fraction of sp³-hybridized carbons (Fsp3) is 0.238. The Hall–Kier alpha value is -3.24. The smallest absolute Gasteiger partial charge is 0.347 e. The molecule has 0 spiro atoms. The van der Waals surface area contributed by atoms with Crippen LogP contribution in [0.5, 0.6) is 11.5 Å². The zero-order chi connectivity index (χ0) is 22.4. The summed E-state index contributed by atoms with van der Waals surface area (Å²) in [6.45, 7) is 6.29. The Balaban J connectivity index is 1.79. The van der Waals surface area contributed by atoms with Gasteiger partial charge in [0, 0.05) is 30.0 Å². The lowest BCUT2D eigenvalue weighted by Crippen LogP contribution is -2.26. The number of carbonyl (C=O) groups excluding carboxylic acids is 1. The minimum Gasteiger partial charge on any atom is -0.493 e. The molecule has 10 heteroatoms. The summed E-state index contributed by atoms with van der Waals surface area (Å²) >= 11 is 2.50. The van der Waals surface area contributed by atoms with Gasteiger partial charge in [-0.15, -0.1) is 11.3 Å². The lowest BCUT2D eigenvalue weighted by molar-refractivity contribution is 0.0701. The topological polar surface area (TPSA) is 102 Å². The van der Waals surface area contributed by atoms with Crippen molar-refractivity contribution >= 4 is 39.7 Å². The number of carboxylic acid groups (broad SMARTS) is 1. The summed E-state index contributed by atoms with van der Waals surface area (Å²) < 4.78 is 11.5. The lowest BCUT2D eigenvalue weighted by Gasteiger charge is -2.16. The van der Waals surface area contributed by atoms with Gasteiger partial charge < -0.3 is 14.6 Å². The van der Waals surface area contributed by atoms with E-state index in [4.69, 9.17) is 14.6 Å². The number of aryl methyl sites for hydroxylation is 1. The molecule has 1 N–H and O–H groups in total. The van der Waals surface area contributed by atoms with Gasteiger partial charge in [-0.1, -0.05) is 24.0 Å². The molecule has 0 aliphatic heterocycles. The van der Waals surface area contributed by atoms with Crippen LogP contribution in [0, 0.1) is 6.92 Å². The standard InChI is InChI=1S/C21H21N3O5S2/c1-4-6-28-15-8-14(19(25)24(3)21-22-11-18(31-21)20(26)27)9-16(10-15)29-7-5-17-13(2)23-12-30-17/h4,8-12H,1,5-7H2,2-3H3,(H,26,27). The van der Waals surface area contributed by atoms with Crippen LogP contribution in [0.15, 0.2) is 42.6 Å². The molecule has 3 rings (SSSR count). The number of anilines is 1. The first-order valence-corrected chi connectivity index (χ1v) is 11.0. The van der Waals surface area contributed by atoms with Gasteiger partial charge in [-0.3, -0.25) is 9.69 Å². The number of carboxylic acids is 1. The molecule has 0 bridgehead atoms. The SMILES string of the molecule is C=CCOc1cc(OCCc2scnc2C)cc(C(=O)N(C)c2ncc(C(=O)O)s2)c1. The highest BCUT2D eigenvalue weighted by Gasteiger charge is 2.20. The molecule has 31 heavy (non-hydrogen) atoms. The number of aromatic carboxylic acids is 1. The van der Waals surface area contributed by atoms with E-state index < -0.39 is 5.97 Å². The number of nitrogens with zero attached hydrogens (tertiary/aromatic N) is 3. The molecule has 0 saturated heterocycles. The fourth-order valence-electron chi connectivity index (χ4n) is 2.64. The number of amides is 1. The second kappa shape index (κ2) is 10.2. The third-order valence-electron chi connectivity index (χ3n) is 4.23. The van der Waals surface area contributed by atoms with E-state index in [1.54, 1.807) is 41.1 Å². The van der Waals surface area contributed by atoms with Gasteiger partial charge in [-0.2, -0.15) is 0 Å². The molecule has 0 aliphatic rings. The van der Waals surface area contributed by atoms with Gasteiger partial charge >= 0.3 is 5.97 Å². The van der Waals surface area contributed by atoms with Gasteiger partial charge in [-0.25, -0.2) is 14.8 Å². The van der Waals surface area contributed by atoms with E-state index >= 15 is 0 Å². The third kappa shape index (κ3) is 5.68. The maximum atomic E-state index is 13.0. The molecule has 1 aromatic carbocycles. The maximum Gasteiger partial charge on any atom is 0.347 e. The minimum absolute atomic E-state index is 0.0556. The molecule has 0 atom stereocenters. The van der Waals surface area contributed by atoms with E-state index in [9.17, 15) is 9.59 Å². The van der Waals surface area contributed by atoms with E-state index in [2.05, 4.69) is 16.5 Å². The highest BCUT2D eigenvalue weighted by Crippen LogP contribution is 2.27. The van der Waals surface area contributed by atoms with E-state index in [0.29, 0.717) is 30.1 Å². The van der Waals surface area contributed by atoms with Crippen molar-refractivity contribution < 1.29 is 24.2 Å². The number of aromatic nitrogens is 2. The van der Waals surface area contributed by atoms with Gasteiger partial charge in [0.2, 0.25) is 0 Å². The highest BCUT2D eigenvalue weighted by molar-refractivity contribution is 7.17. The van der Waals surface area contributed by atoms with Crippen LogP contribution in [0.25, 0.3) is 0 Å². The van der Waals surface area contributed by atoms with Crippen LogP contribution in [0.1, 0.15) is 30.6 Å². The van der Waals surface area contributed by atoms with Crippen LogP contribution >= 0.6 is 22.7 Å². The number of thiazole rings is 2. The van der Waals surface area contributed by atoms with Gasteiger partial charge in [0.1, 0.15) is 23.0 Å². The van der Waals surface area contributed by atoms with Crippen molar-refractivity contribution in [3.05, 3.63) is 63.6 Å². The van der Waals surface area contributed by atoms with Crippen LogP contribution in [0.3, 0.4) is 0 Å². The van der Waals surface area contributed by atoms with E-state index in [-0.39, 0.29) is 22.5 Å².